The maximum absolute atomic E-state index is 13.3. The number of rotatable bonds is 8. The van der Waals surface area contributed by atoms with Gasteiger partial charge in [0.1, 0.15) is 5.69 Å². The Labute approximate surface area is 206 Å². The van der Waals surface area contributed by atoms with Gasteiger partial charge in [0.15, 0.2) is 0 Å². The molecule has 0 unspecified atom stereocenters. The third kappa shape index (κ3) is 5.67. The summed E-state index contributed by atoms with van der Waals surface area (Å²) < 4.78 is 8.29. The lowest BCUT2D eigenvalue weighted by Gasteiger charge is -2.34. The quantitative estimate of drug-likeness (QED) is 0.571. The predicted molar refractivity (Wildman–Crippen MR) is 137 cm³/mol. The molecular weight excluding hydrogens is 446 g/mol. The van der Waals surface area contributed by atoms with Crippen molar-refractivity contribution in [3.8, 4) is 5.69 Å². The number of morpholine rings is 1. The SMILES string of the molecule is CCn1c(=O)c(N2CCC(C(=O)NCCCN3CCOCC3)CC2)c(C)n(-c2ccccc2)c1=O. The normalized spacial score (nSPS) is 17.5. The molecule has 2 aliphatic rings. The molecule has 190 valence electrons. The van der Waals surface area contributed by atoms with E-state index in [0.29, 0.717) is 50.4 Å². The van der Waals surface area contributed by atoms with E-state index in [1.807, 2.05) is 49.1 Å². The third-order valence-electron chi connectivity index (χ3n) is 7.11. The van der Waals surface area contributed by atoms with Crippen molar-refractivity contribution in [1.29, 1.82) is 0 Å². The molecule has 9 nitrogen and oxygen atoms in total. The smallest absolute Gasteiger partial charge is 0.335 e. The monoisotopic (exact) mass is 483 g/mol. The molecule has 2 saturated heterocycles. The molecule has 1 amide bonds. The first kappa shape index (κ1) is 25.2. The van der Waals surface area contributed by atoms with Crippen LogP contribution in [0, 0.1) is 12.8 Å². The summed E-state index contributed by atoms with van der Waals surface area (Å²) in [5, 5.41) is 3.10. The summed E-state index contributed by atoms with van der Waals surface area (Å²) in [5.41, 5.74) is 1.36. The molecule has 0 atom stereocenters. The van der Waals surface area contributed by atoms with Crippen molar-refractivity contribution >= 4 is 11.6 Å². The van der Waals surface area contributed by atoms with Gasteiger partial charge in [-0.2, -0.15) is 0 Å². The van der Waals surface area contributed by atoms with Gasteiger partial charge in [0.25, 0.3) is 5.56 Å². The number of piperidine rings is 1. The number of benzene rings is 1. The summed E-state index contributed by atoms with van der Waals surface area (Å²) in [6.07, 6.45) is 2.30. The molecule has 0 aliphatic carbocycles. The Morgan fingerprint density at radius 3 is 2.40 bits per heavy atom. The summed E-state index contributed by atoms with van der Waals surface area (Å²) in [5.74, 6) is 0.0481. The van der Waals surface area contributed by atoms with Crippen molar-refractivity contribution in [1.82, 2.24) is 19.4 Å². The largest absolute Gasteiger partial charge is 0.379 e. The van der Waals surface area contributed by atoms with Crippen LogP contribution >= 0.6 is 0 Å². The van der Waals surface area contributed by atoms with Gasteiger partial charge in [-0.05, 0) is 51.8 Å². The van der Waals surface area contributed by atoms with Gasteiger partial charge in [0.05, 0.1) is 24.6 Å². The van der Waals surface area contributed by atoms with Crippen LogP contribution in [0.4, 0.5) is 5.69 Å². The van der Waals surface area contributed by atoms with Crippen LogP contribution in [0.5, 0.6) is 0 Å². The molecule has 0 spiro atoms. The van der Waals surface area contributed by atoms with Crippen LogP contribution in [0.15, 0.2) is 39.9 Å². The minimum absolute atomic E-state index is 0.0524. The van der Waals surface area contributed by atoms with Crippen LogP contribution in [0.2, 0.25) is 0 Å². The van der Waals surface area contributed by atoms with Gasteiger partial charge < -0.3 is 15.0 Å². The van der Waals surface area contributed by atoms with Crippen molar-refractivity contribution in [2.24, 2.45) is 5.92 Å². The Bertz CT molecular complexity index is 1110. The van der Waals surface area contributed by atoms with E-state index < -0.39 is 0 Å². The maximum Gasteiger partial charge on any atom is 0.335 e. The van der Waals surface area contributed by atoms with E-state index in [-0.39, 0.29) is 23.1 Å². The van der Waals surface area contributed by atoms with E-state index in [4.69, 9.17) is 4.74 Å². The summed E-state index contributed by atoms with van der Waals surface area (Å²) >= 11 is 0. The number of nitrogens with one attached hydrogen (secondary N) is 1. The lowest BCUT2D eigenvalue weighted by atomic mass is 9.95. The van der Waals surface area contributed by atoms with Gasteiger partial charge in [0.2, 0.25) is 5.91 Å². The second-order valence-corrected chi connectivity index (χ2v) is 9.30. The van der Waals surface area contributed by atoms with E-state index in [9.17, 15) is 14.4 Å². The number of ether oxygens (including phenoxy) is 1. The van der Waals surface area contributed by atoms with Crippen LogP contribution in [-0.2, 0) is 16.1 Å². The van der Waals surface area contributed by atoms with Gasteiger partial charge in [0, 0.05) is 45.2 Å². The highest BCUT2D eigenvalue weighted by Gasteiger charge is 2.29. The topological polar surface area (TPSA) is 88.8 Å². The number of anilines is 1. The maximum atomic E-state index is 13.3. The van der Waals surface area contributed by atoms with E-state index in [2.05, 4.69) is 10.2 Å². The summed E-state index contributed by atoms with van der Waals surface area (Å²) in [6, 6.07) is 9.41. The van der Waals surface area contributed by atoms with E-state index in [1.54, 1.807) is 4.57 Å². The van der Waals surface area contributed by atoms with Crippen LogP contribution in [-0.4, -0.2) is 72.4 Å². The molecule has 0 bridgehead atoms. The fourth-order valence-electron chi connectivity index (χ4n) is 5.11. The van der Waals surface area contributed by atoms with Gasteiger partial charge in [-0.15, -0.1) is 0 Å². The molecular formula is C26H37N5O4. The first-order valence-corrected chi connectivity index (χ1v) is 12.8. The van der Waals surface area contributed by atoms with Crippen molar-refractivity contribution in [2.45, 2.75) is 39.7 Å². The standard InChI is InChI=1S/C26H37N5O4/c1-3-30-25(33)23(20(2)31(26(30)34)22-8-5-4-6-9-22)29-14-10-21(11-15-29)24(32)27-12-7-13-28-16-18-35-19-17-28/h4-6,8-9,21H,3,7,10-19H2,1-2H3,(H,27,32). The first-order chi connectivity index (χ1) is 17.0. The number of carbonyl (C=O) groups excluding carboxylic acids is 1. The fraction of sp³-hybridized carbons (Fsp3) is 0.577. The van der Waals surface area contributed by atoms with Gasteiger partial charge in [-0.1, -0.05) is 18.2 Å². The fourth-order valence-corrected chi connectivity index (χ4v) is 5.11. The lowest BCUT2D eigenvalue weighted by molar-refractivity contribution is -0.125. The predicted octanol–water partition coefficient (Wildman–Crippen LogP) is 1.38. The second kappa shape index (κ2) is 11.7. The highest BCUT2D eigenvalue weighted by molar-refractivity contribution is 5.79. The summed E-state index contributed by atoms with van der Waals surface area (Å²) in [4.78, 5) is 43.5. The third-order valence-corrected chi connectivity index (χ3v) is 7.11. The van der Waals surface area contributed by atoms with Crippen LogP contribution < -0.4 is 21.5 Å². The van der Waals surface area contributed by atoms with Gasteiger partial charge in [-0.25, -0.2) is 4.79 Å². The Morgan fingerprint density at radius 2 is 1.74 bits per heavy atom. The molecule has 2 aliphatic heterocycles. The Balaban J connectivity index is 1.40. The number of hydrogen-bond donors (Lipinski definition) is 1. The zero-order valence-corrected chi connectivity index (χ0v) is 20.9. The Morgan fingerprint density at radius 1 is 1.06 bits per heavy atom. The molecule has 4 rings (SSSR count). The number of nitrogens with zero attached hydrogens (tertiary/aromatic N) is 4. The Kier molecular flexibility index (Phi) is 8.41. The average Bonchev–Trinajstić information content (AvgIpc) is 2.88. The molecule has 3 heterocycles. The molecule has 1 N–H and O–H groups in total. The molecule has 1 aromatic heterocycles. The number of aromatic nitrogens is 2. The van der Waals surface area contributed by atoms with Gasteiger partial charge in [-0.3, -0.25) is 23.6 Å². The van der Waals surface area contributed by atoms with Crippen molar-refractivity contribution in [3.63, 3.8) is 0 Å². The second-order valence-electron chi connectivity index (χ2n) is 9.30. The van der Waals surface area contributed by atoms with Gasteiger partial charge >= 0.3 is 5.69 Å². The van der Waals surface area contributed by atoms with Crippen LogP contribution in [0.3, 0.4) is 0 Å². The number of amides is 1. The zero-order chi connectivity index (χ0) is 24.8. The molecule has 0 radical (unpaired) electrons. The lowest BCUT2D eigenvalue weighted by Crippen LogP contribution is -2.47. The molecule has 2 fully saturated rings. The minimum atomic E-state index is -0.323. The highest BCUT2D eigenvalue weighted by Crippen LogP contribution is 2.24. The van der Waals surface area contributed by atoms with Crippen LogP contribution in [0.1, 0.15) is 31.9 Å². The molecule has 2 aromatic rings. The molecule has 1 aromatic carbocycles. The van der Waals surface area contributed by atoms with Crippen molar-refractivity contribution < 1.29 is 9.53 Å². The van der Waals surface area contributed by atoms with Crippen molar-refractivity contribution in [2.75, 3.05) is 57.4 Å². The molecule has 0 saturated carbocycles. The summed E-state index contributed by atoms with van der Waals surface area (Å²) in [7, 11) is 0. The van der Waals surface area contributed by atoms with E-state index in [1.165, 1.54) is 4.57 Å². The molecule has 9 heteroatoms. The minimum Gasteiger partial charge on any atom is -0.379 e. The average molecular weight is 484 g/mol. The first-order valence-electron chi connectivity index (χ1n) is 12.8. The number of hydrogen-bond acceptors (Lipinski definition) is 6. The van der Waals surface area contributed by atoms with E-state index >= 15 is 0 Å². The molecule has 35 heavy (non-hydrogen) atoms. The number of para-hydroxylation sites is 1. The van der Waals surface area contributed by atoms with Crippen molar-refractivity contribution in [3.05, 3.63) is 56.9 Å². The Hall–Kier alpha value is -2.91. The van der Waals surface area contributed by atoms with Crippen LogP contribution in [0.25, 0.3) is 5.69 Å². The number of carbonyl (C=O) groups is 1. The highest BCUT2D eigenvalue weighted by atomic mass is 16.5. The summed E-state index contributed by atoms with van der Waals surface area (Å²) in [6.45, 7) is 10.3. The zero-order valence-electron chi connectivity index (χ0n) is 20.9. The van der Waals surface area contributed by atoms with E-state index in [0.717, 1.165) is 45.0 Å².